The Morgan fingerprint density at radius 2 is 2.05 bits per heavy atom. The molecule has 1 amide bonds. The lowest BCUT2D eigenvalue weighted by Gasteiger charge is -2.18. The molecule has 7 heteroatoms. The van der Waals surface area contributed by atoms with Gasteiger partial charge in [-0.2, -0.15) is 5.10 Å². The molecular formula is C13H19N3O4. The number of nitrogens with one attached hydrogen (secondary N) is 1. The molecule has 0 aliphatic rings. The largest absolute Gasteiger partial charge is 0.476 e. The Bertz CT molecular complexity index is 553. The van der Waals surface area contributed by atoms with E-state index in [0.717, 1.165) is 29.7 Å². The van der Waals surface area contributed by atoms with E-state index in [1.807, 2.05) is 13.8 Å². The summed E-state index contributed by atoms with van der Waals surface area (Å²) in [5.41, 5.74) is -0.786. The van der Waals surface area contributed by atoms with Crippen LogP contribution in [0.25, 0.3) is 0 Å². The van der Waals surface area contributed by atoms with Gasteiger partial charge < -0.3 is 10.4 Å². The number of aromatic nitrogens is 2. The van der Waals surface area contributed by atoms with Crippen LogP contribution in [0.2, 0.25) is 0 Å². The molecule has 0 saturated heterocycles. The molecule has 0 aliphatic carbocycles. The fourth-order valence-corrected chi connectivity index (χ4v) is 1.80. The van der Waals surface area contributed by atoms with E-state index in [4.69, 9.17) is 5.11 Å². The molecule has 2 N–H and O–H groups in total. The first-order chi connectivity index (χ1) is 9.36. The second-order valence-corrected chi connectivity index (χ2v) is 4.68. The molecule has 0 spiro atoms. The van der Waals surface area contributed by atoms with Crippen LogP contribution in [-0.4, -0.2) is 32.8 Å². The number of carboxylic acid groups (broad SMARTS) is 1. The highest BCUT2D eigenvalue weighted by molar-refractivity contribution is 5.85. The summed E-state index contributed by atoms with van der Waals surface area (Å²) < 4.78 is 0.886. The van der Waals surface area contributed by atoms with Crippen molar-refractivity contribution in [2.45, 2.75) is 45.7 Å². The average Bonchev–Trinajstić information content (AvgIpc) is 2.38. The molecule has 2 atom stereocenters. The van der Waals surface area contributed by atoms with Crippen molar-refractivity contribution in [2.75, 3.05) is 0 Å². The molecular weight excluding hydrogens is 262 g/mol. The first kappa shape index (κ1) is 15.9. The van der Waals surface area contributed by atoms with Gasteiger partial charge in [-0.05, 0) is 26.3 Å². The van der Waals surface area contributed by atoms with Crippen LogP contribution < -0.4 is 10.9 Å². The second-order valence-electron chi connectivity index (χ2n) is 4.68. The van der Waals surface area contributed by atoms with Gasteiger partial charge >= 0.3 is 5.97 Å². The minimum absolute atomic E-state index is 0.00620. The van der Waals surface area contributed by atoms with E-state index in [9.17, 15) is 14.4 Å². The van der Waals surface area contributed by atoms with E-state index >= 15 is 0 Å². The average molecular weight is 281 g/mol. The Morgan fingerprint density at radius 1 is 1.40 bits per heavy atom. The standard InChI is InChI=1S/C13H19N3O4/c1-4-5-8(2)14-12(18)9(3)16-11(17)7-6-10(15-16)13(19)20/h6-9H,4-5H2,1-3H3,(H,14,18)(H,19,20). The SMILES string of the molecule is CCCC(C)NC(=O)C(C)n1nc(C(=O)O)ccc1=O. The van der Waals surface area contributed by atoms with E-state index in [1.165, 1.54) is 6.92 Å². The summed E-state index contributed by atoms with van der Waals surface area (Å²) in [5, 5.41) is 15.3. The fourth-order valence-electron chi connectivity index (χ4n) is 1.80. The van der Waals surface area contributed by atoms with Crippen molar-refractivity contribution in [1.82, 2.24) is 15.1 Å². The first-order valence-electron chi connectivity index (χ1n) is 6.50. The van der Waals surface area contributed by atoms with Crippen molar-refractivity contribution in [1.29, 1.82) is 0 Å². The predicted octanol–water partition coefficient (Wildman–Crippen LogP) is 0.807. The van der Waals surface area contributed by atoms with Crippen LogP contribution in [-0.2, 0) is 4.79 Å². The van der Waals surface area contributed by atoms with E-state index in [2.05, 4.69) is 10.4 Å². The van der Waals surface area contributed by atoms with Crippen LogP contribution >= 0.6 is 0 Å². The normalized spacial score (nSPS) is 13.6. The lowest BCUT2D eigenvalue weighted by molar-refractivity contribution is -0.124. The molecule has 0 saturated carbocycles. The van der Waals surface area contributed by atoms with Crippen LogP contribution in [0.4, 0.5) is 0 Å². The predicted molar refractivity (Wildman–Crippen MR) is 72.7 cm³/mol. The van der Waals surface area contributed by atoms with Crippen molar-refractivity contribution < 1.29 is 14.7 Å². The van der Waals surface area contributed by atoms with Crippen molar-refractivity contribution >= 4 is 11.9 Å². The lowest BCUT2D eigenvalue weighted by atomic mass is 10.2. The van der Waals surface area contributed by atoms with Gasteiger partial charge in [-0.1, -0.05) is 13.3 Å². The zero-order valence-corrected chi connectivity index (χ0v) is 11.8. The molecule has 0 fully saturated rings. The van der Waals surface area contributed by atoms with Crippen molar-refractivity contribution in [3.63, 3.8) is 0 Å². The molecule has 20 heavy (non-hydrogen) atoms. The summed E-state index contributed by atoms with van der Waals surface area (Å²) in [7, 11) is 0. The Hall–Kier alpha value is -2.18. The van der Waals surface area contributed by atoms with Gasteiger partial charge in [-0.3, -0.25) is 9.59 Å². The number of hydrogen-bond donors (Lipinski definition) is 2. The molecule has 0 aliphatic heterocycles. The number of carbonyl (C=O) groups excluding carboxylic acids is 1. The zero-order chi connectivity index (χ0) is 15.3. The lowest BCUT2D eigenvalue weighted by Crippen LogP contribution is -2.41. The molecule has 2 unspecified atom stereocenters. The van der Waals surface area contributed by atoms with Crippen LogP contribution in [0.3, 0.4) is 0 Å². The van der Waals surface area contributed by atoms with Gasteiger partial charge in [-0.25, -0.2) is 9.48 Å². The van der Waals surface area contributed by atoms with E-state index in [-0.39, 0.29) is 17.6 Å². The van der Waals surface area contributed by atoms with E-state index in [0.29, 0.717) is 0 Å². The molecule has 0 bridgehead atoms. The summed E-state index contributed by atoms with van der Waals surface area (Å²) in [4.78, 5) is 34.5. The minimum Gasteiger partial charge on any atom is -0.476 e. The number of nitrogens with zero attached hydrogens (tertiary/aromatic N) is 2. The van der Waals surface area contributed by atoms with Gasteiger partial charge in [0.2, 0.25) is 5.91 Å². The molecule has 1 heterocycles. The highest BCUT2D eigenvalue weighted by Crippen LogP contribution is 2.04. The Kier molecular flexibility index (Phi) is 5.42. The van der Waals surface area contributed by atoms with Gasteiger partial charge in [0.05, 0.1) is 0 Å². The van der Waals surface area contributed by atoms with E-state index < -0.39 is 17.6 Å². The van der Waals surface area contributed by atoms with Crippen molar-refractivity contribution in [3.05, 3.63) is 28.2 Å². The van der Waals surface area contributed by atoms with Crippen molar-refractivity contribution in [3.8, 4) is 0 Å². The van der Waals surface area contributed by atoms with E-state index in [1.54, 1.807) is 0 Å². The van der Waals surface area contributed by atoms with Gasteiger partial charge in [0.25, 0.3) is 5.56 Å². The van der Waals surface area contributed by atoms with Gasteiger partial charge in [-0.15, -0.1) is 0 Å². The van der Waals surface area contributed by atoms with Crippen LogP contribution in [0, 0.1) is 0 Å². The Balaban J connectivity index is 2.93. The Morgan fingerprint density at radius 3 is 2.60 bits per heavy atom. The molecule has 1 aromatic rings. The van der Waals surface area contributed by atoms with Crippen LogP contribution in [0.1, 0.15) is 50.1 Å². The number of amides is 1. The zero-order valence-electron chi connectivity index (χ0n) is 11.8. The van der Waals surface area contributed by atoms with Crippen LogP contribution in [0.5, 0.6) is 0 Å². The van der Waals surface area contributed by atoms with Crippen molar-refractivity contribution in [2.24, 2.45) is 0 Å². The minimum atomic E-state index is -1.24. The molecule has 0 radical (unpaired) electrons. The summed E-state index contributed by atoms with van der Waals surface area (Å²) in [6.07, 6.45) is 1.76. The number of carbonyl (C=O) groups is 2. The number of carboxylic acids is 1. The fraction of sp³-hybridized carbons (Fsp3) is 0.538. The maximum atomic E-state index is 12.0. The Labute approximate surface area is 116 Å². The topological polar surface area (TPSA) is 101 Å². The molecule has 110 valence electrons. The number of hydrogen-bond acceptors (Lipinski definition) is 4. The summed E-state index contributed by atoms with van der Waals surface area (Å²) >= 11 is 0. The molecule has 1 rings (SSSR count). The maximum Gasteiger partial charge on any atom is 0.356 e. The van der Waals surface area contributed by atoms with Crippen LogP contribution in [0.15, 0.2) is 16.9 Å². The molecule has 7 nitrogen and oxygen atoms in total. The monoisotopic (exact) mass is 281 g/mol. The van der Waals surface area contributed by atoms with Gasteiger partial charge in [0, 0.05) is 12.1 Å². The summed E-state index contributed by atoms with van der Waals surface area (Å²) in [5.74, 6) is -1.60. The molecule has 1 aromatic heterocycles. The highest BCUT2D eigenvalue weighted by atomic mass is 16.4. The third-order valence-corrected chi connectivity index (χ3v) is 2.90. The third kappa shape index (κ3) is 3.91. The highest BCUT2D eigenvalue weighted by Gasteiger charge is 2.20. The number of aromatic carboxylic acids is 1. The maximum absolute atomic E-state index is 12.0. The third-order valence-electron chi connectivity index (χ3n) is 2.90. The van der Waals surface area contributed by atoms with Gasteiger partial charge in [0.15, 0.2) is 5.69 Å². The van der Waals surface area contributed by atoms with Gasteiger partial charge in [0.1, 0.15) is 6.04 Å². The number of rotatable bonds is 6. The summed E-state index contributed by atoms with van der Waals surface area (Å²) in [6.45, 7) is 5.39. The molecule has 0 aromatic carbocycles. The summed E-state index contributed by atoms with van der Waals surface area (Å²) in [6, 6.07) is 1.34. The smallest absolute Gasteiger partial charge is 0.356 e. The quantitative estimate of drug-likeness (QED) is 0.803. The second kappa shape index (κ2) is 6.83. The first-order valence-corrected chi connectivity index (χ1v) is 6.50.